The zero-order chi connectivity index (χ0) is 12.8. The molecule has 0 saturated heterocycles. The molecule has 0 amide bonds. The fraction of sp³-hybridized carbons (Fsp3) is 0.231. The SMILES string of the molecule is COC(=O)C=C(C#N)c1ccc(N(C)C)cc1. The highest BCUT2D eigenvalue weighted by atomic mass is 16.5. The monoisotopic (exact) mass is 230 g/mol. The van der Waals surface area contributed by atoms with Crippen LogP contribution >= 0.6 is 0 Å². The van der Waals surface area contributed by atoms with E-state index in [1.54, 1.807) is 12.1 Å². The summed E-state index contributed by atoms with van der Waals surface area (Å²) in [4.78, 5) is 13.0. The predicted molar refractivity (Wildman–Crippen MR) is 66.4 cm³/mol. The summed E-state index contributed by atoms with van der Waals surface area (Å²) in [5.41, 5.74) is 2.02. The minimum atomic E-state index is -0.529. The summed E-state index contributed by atoms with van der Waals surface area (Å²) in [6.07, 6.45) is 1.19. The van der Waals surface area contributed by atoms with Gasteiger partial charge < -0.3 is 9.64 Å². The van der Waals surface area contributed by atoms with Crippen LogP contribution in [0.4, 0.5) is 5.69 Å². The van der Waals surface area contributed by atoms with Crippen molar-refractivity contribution in [1.82, 2.24) is 0 Å². The molecule has 0 fully saturated rings. The first-order chi connectivity index (χ1) is 8.08. The van der Waals surface area contributed by atoms with Crippen LogP contribution in [0.1, 0.15) is 5.56 Å². The third-order valence-electron chi connectivity index (χ3n) is 2.28. The van der Waals surface area contributed by atoms with E-state index in [0.717, 1.165) is 5.69 Å². The second-order valence-corrected chi connectivity index (χ2v) is 3.63. The van der Waals surface area contributed by atoms with Gasteiger partial charge in [-0.3, -0.25) is 0 Å². The maximum Gasteiger partial charge on any atom is 0.331 e. The lowest BCUT2D eigenvalue weighted by Gasteiger charge is -2.12. The molecule has 0 saturated carbocycles. The van der Waals surface area contributed by atoms with Gasteiger partial charge in [-0.1, -0.05) is 12.1 Å². The number of allylic oxidation sites excluding steroid dienone is 1. The average molecular weight is 230 g/mol. The number of carbonyl (C=O) groups excluding carboxylic acids is 1. The van der Waals surface area contributed by atoms with Crippen molar-refractivity contribution in [2.24, 2.45) is 0 Å². The van der Waals surface area contributed by atoms with Gasteiger partial charge in [-0.2, -0.15) is 5.26 Å². The smallest absolute Gasteiger partial charge is 0.331 e. The Kier molecular flexibility index (Phi) is 4.29. The van der Waals surface area contributed by atoms with Gasteiger partial charge >= 0.3 is 5.97 Å². The Morgan fingerprint density at radius 1 is 1.35 bits per heavy atom. The molecule has 0 heterocycles. The minimum Gasteiger partial charge on any atom is -0.466 e. The first-order valence-electron chi connectivity index (χ1n) is 5.06. The summed E-state index contributed by atoms with van der Waals surface area (Å²) in [5.74, 6) is -0.529. The number of anilines is 1. The zero-order valence-corrected chi connectivity index (χ0v) is 10.1. The molecule has 1 aromatic carbocycles. The van der Waals surface area contributed by atoms with Gasteiger partial charge in [-0.15, -0.1) is 0 Å². The number of ether oxygens (including phenoxy) is 1. The molecule has 0 N–H and O–H groups in total. The third kappa shape index (κ3) is 3.35. The molecule has 0 aliphatic rings. The van der Waals surface area contributed by atoms with Gasteiger partial charge in [0.1, 0.15) is 6.07 Å². The van der Waals surface area contributed by atoms with Crippen molar-refractivity contribution < 1.29 is 9.53 Å². The van der Waals surface area contributed by atoms with E-state index in [0.29, 0.717) is 11.1 Å². The van der Waals surface area contributed by atoms with Crippen molar-refractivity contribution in [3.05, 3.63) is 35.9 Å². The molecule has 0 unspecified atom stereocenters. The van der Waals surface area contributed by atoms with Gasteiger partial charge in [0.2, 0.25) is 0 Å². The van der Waals surface area contributed by atoms with E-state index >= 15 is 0 Å². The second-order valence-electron chi connectivity index (χ2n) is 3.63. The van der Waals surface area contributed by atoms with E-state index in [2.05, 4.69) is 4.74 Å². The first-order valence-corrected chi connectivity index (χ1v) is 5.06. The summed E-state index contributed by atoms with van der Waals surface area (Å²) in [6.45, 7) is 0. The molecular weight excluding hydrogens is 216 g/mol. The van der Waals surface area contributed by atoms with Crippen LogP contribution in [0.2, 0.25) is 0 Å². The lowest BCUT2D eigenvalue weighted by molar-refractivity contribution is -0.134. The molecule has 0 bridgehead atoms. The number of hydrogen-bond donors (Lipinski definition) is 0. The average Bonchev–Trinajstić information content (AvgIpc) is 2.35. The van der Waals surface area contributed by atoms with Crippen LogP contribution in [-0.4, -0.2) is 27.2 Å². The van der Waals surface area contributed by atoms with E-state index in [1.165, 1.54) is 13.2 Å². The molecule has 0 radical (unpaired) electrons. The Morgan fingerprint density at radius 3 is 2.35 bits per heavy atom. The predicted octanol–water partition coefficient (Wildman–Crippen LogP) is 1.83. The molecule has 0 aromatic heterocycles. The van der Waals surface area contributed by atoms with Crippen molar-refractivity contribution in [1.29, 1.82) is 5.26 Å². The number of esters is 1. The van der Waals surface area contributed by atoms with Crippen LogP contribution in [0.3, 0.4) is 0 Å². The highest BCUT2D eigenvalue weighted by Crippen LogP contribution is 2.18. The number of nitrogens with zero attached hydrogens (tertiary/aromatic N) is 2. The van der Waals surface area contributed by atoms with Gasteiger partial charge in [-0.05, 0) is 17.7 Å². The molecule has 1 aromatic rings. The first kappa shape index (κ1) is 12.8. The molecule has 0 aliphatic carbocycles. The summed E-state index contributed by atoms with van der Waals surface area (Å²) in [6, 6.07) is 9.35. The van der Waals surface area contributed by atoms with E-state index in [9.17, 15) is 4.79 Å². The number of rotatable bonds is 3. The number of methoxy groups -OCH3 is 1. The second kappa shape index (κ2) is 5.71. The Bertz CT molecular complexity index is 467. The highest BCUT2D eigenvalue weighted by molar-refractivity contribution is 5.95. The van der Waals surface area contributed by atoms with Crippen molar-refractivity contribution in [3.8, 4) is 6.07 Å². The van der Waals surface area contributed by atoms with Crippen molar-refractivity contribution in [2.75, 3.05) is 26.1 Å². The standard InChI is InChI=1S/C13H14N2O2/c1-15(2)12-6-4-10(5-7-12)11(9-14)8-13(16)17-3/h4-8H,1-3H3. The molecular formula is C13H14N2O2. The topological polar surface area (TPSA) is 53.3 Å². The Labute approximate surface area is 101 Å². The highest BCUT2D eigenvalue weighted by Gasteiger charge is 2.04. The fourth-order valence-electron chi connectivity index (χ4n) is 1.30. The van der Waals surface area contributed by atoms with Crippen LogP contribution in [-0.2, 0) is 9.53 Å². The summed E-state index contributed by atoms with van der Waals surface area (Å²) in [5, 5.41) is 8.97. The van der Waals surface area contributed by atoms with E-state index in [4.69, 9.17) is 5.26 Å². The third-order valence-corrected chi connectivity index (χ3v) is 2.28. The van der Waals surface area contributed by atoms with Gasteiger partial charge in [0.15, 0.2) is 0 Å². The summed E-state index contributed by atoms with van der Waals surface area (Å²) >= 11 is 0. The lowest BCUT2D eigenvalue weighted by atomic mass is 10.1. The molecule has 0 aliphatic heterocycles. The number of hydrogen-bond acceptors (Lipinski definition) is 4. The largest absolute Gasteiger partial charge is 0.466 e. The van der Waals surface area contributed by atoms with Crippen molar-refractivity contribution in [2.45, 2.75) is 0 Å². The normalized spacial score (nSPS) is 10.6. The summed E-state index contributed by atoms with van der Waals surface area (Å²) in [7, 11) is 5.15. The van der Waals surface area contributed by atoms with Gasteiger partial charge in [0.25, 0.3) is 0 Å². The Hall–Kier alpha value is -2.28. The van der Waals surface area contributed by atoms with Crippen LogP contribution < -0.4 is 4.90 Å². The van der Waals surface area contributed by atoms with Crippen molar-refractivity contribution in [3.63, 3.8) is 0 Å². The Balaban J connectivity index is 3.03. The maximum absolute atomic E-state index is 11.1. The lowest BCUT2D eigenvalue weighted by Crippen LogP contribution is -2.08. The molecule has 4 heteroatoms. The van der Waals surface area contributed by atoms with E-state index < -0.39 is 5.97 Å². The maximum atomic E-state index is 11.1. The molecule has 0 spiro atoms. The van der Waals surface area contributed by atoms with Crippen LogP contribution in [0, 0.1) is 11.3 Å². The van der Waals surface area contributed by atoms with Gasteiger partial charge in [-0.25, -0.2) is 4.79 Å². The molecule has 0 atom stereocenters. The van der Waals surface area contributed by atoms with Gasteiger partial charge in [0.05, 0.1) is 12.7 Å². The number of carbonyl (C=O) groups is 1. The van der Waals surface area contributed by atoms with E-state index in [-0.39, 0.29) is 0 Å². The van der Waals surface area contributed by atoms with Crippen LogP contribution in [0.5, 0.6) is 0 Å². The summed E-state index contributed by atoms with van der Waals surface area (Å²) < 4.78 is 4.49. The molecule has 1 rings (SSSR count). The molecule has 4 nitrogen and oxygen atoms in total. The zero-order valence-electron chi connectivity index (χ0n) is 10.1. The number of nitriles is 1. The minimum absolute atomic E-state index is 0.294. The number of benzene rings is 1. The fourth-order valence-corrected chi connectivity index (χ4v) is 1.30. The Morgan fingerprint density at radius 2 is 1.94 bits per heavy atom. The van der Waals surface area contributed by atoms with E-state index in [1.807, 2.05) is 37.2 Å². The van der Waals surface area contributed by atoms with Crippen LogP contribution in [0.15, 0.2) is 30.3 Å². The quantitative estimate of drug-likeness (QED) is 0.451. The van der Waals surface area contributed by atoms with Crippen molar-refractivity contribution >= 4 is 17.2 Å². The van der Waals surface area contributed by atoms with Crippen LogP contribution in [0.25, 0.3) is 5.57 Å². The van der Waals surface area contributed by atoms with Gasteiger partial charge in [0, 0.05) is 25.9 Å². The molecule has 17 heavy (non-hydrogen) atoms. The molecule has 88 valence electrons.